The Labute approximate surface area is 112 Å². The highest BCUT2D eigenvalue weighted by Gasteiger charge is 2.28. The Balaban J connectivity index is 2.00. The molecule has 1 aromatic heterocycles. The van der Waals surface area contributed by atoms with Gasteiger partial charge in [0.25, 0.3) is 0 Å². The third-order valence-corrected chi connectivity index (χ3v) is 4.58. The van der Waals surface area contributed by atoms with E-state index < -0.39 is 0 Å². The van der Waals surface area contributed by atoms with Gasteiger partial charge in [0, 0.05) is 6.20 Å². The van der Waals surface area contributed by atoms with Gasteiger partial charge in [-0.1, -0.05) is 13.8 Å². The first-order valence-electron chi connectivity index (χ1n) is 6.26. The van der Waals surface area contributed by atoms with Crippen molar-refractivity contribution in [3.05, 3.63) is 22.3 Å². The van der Waals surface area contributed by atoms with Gasteiger partial charge in [-0.3, -0.25) is 0 Å². The SMILES string of the molecule is Cc1ccnc(OC2CCC(C)(C)CC2)c1Br. The zero-order chi connectivity index (χ0) is 12.5. The fourth-order valence-electron chi connectivity index (χ4n) is 2.25. The molecule has 1 aliphatic rings. The Morgan fingerprint density at radius 3 is 2.65 bits per heavy atom. The van der Waals surface area contributed by atoms with Crippen LogP contribution < -0.4 is 4.74 Å². The summed E-state index contributed by atoms with van der Waals surface area (Å²) < 4.78 is 6.99. The lowest BCUT2D eigenvalue weighted by molar-refractivity contribution is 0.0941. The minimum absolute atomic E-state index is 0.327. The standard InChI is InChI=1S/C14H20BrNO/c1-10-6-9-16-13(12(10)15)17-11-4-7-14(2,3)8-5-11/h6,9,11H,4-5,7-8H2,1-3H3. The van der Waals surface area contributed by atoms with E-state index in [0.29, 0.717) is 11.5 Å². The normalized spacial score (nSPS) is 20.2. The van der Waals surface area contributed by atoms with Crippen LogP contribution in [0.4, 0.5) is 0 Å². The highest BCUT2D eigenvalue weighted by atomic mass is 79.9. The fourth-order valence-corrected chi connectivity index (χ4v) is 2.57. The summed E-state index contributed by atoms with van der Waals surface area (Å²) >= 11 is 3.54. The van der Waals surface area contributed by atoms with Crippen LogP contribution in [-0.2, 0) is 0 Å². The molecule has 0 aliphatic heterocycles. The molecule has 0 N–H and O–H groups in total. The van der Waals surface area contributed by atoms with Crippen molar-refractivity contribution in [2.45, 2.75) is 52.6 Å². The van der Waals surface area contributed by atoms with Gasteiger partial charge >= 0.3 is 0 Å². The smallest absolute Gasteiger partial charge is 0.228 e. The van der Waals surface area contributed by atoms with Gasteiger partial charge in [-0.25, -0.2) is 4.98 Å². The molecule has 1 aliphatic carbocycles. The summed E-state index contributed by atoms with van der Waals surface area (Å²) in [6.07, 6.45) is 6.88. The first kappa shape index (κ1) is 12.9. The Hall–Kier alpha value is -0.570. The molecule has 0 aromatic carbocycles. The Kier molecular flexibility index (Phi) is 3.76. The second kappa shape index (κ2) is 4.97. The summed E-state index contributed by atoms with van der Waals surface area (Å²) in [5.41, 5.74) is 1.66. The predicted octanol–water partition coefficient (Wildman–Crippen LogP) is 4.50. The van der Waals surface area contributed by atoms with Gasteiger partial charge in [0.1, 0.15) is 6.10 Å². The average molecular weight is 298 g/mol. The van der Waals surface area contributed by atoms with Crippen LogP contribution in [-0.4, -0.2) is 11.1 Å². The minimum Gasteiger partial charge on any atom is -0.474 e. The third-order valence-electron chi connectivity index (χ3n) is 3.61. The van der Waals surface area contributed by atoms with E-state index in [1.165, 1.54) is 18.4 Å². The summed E-state index contributed by atoms with van der Waals surface area (Å²) in [5.74, 6) is 0.745. The molecular weight excluding hydrogens is 278 g/mol. The molecule has 94 valence electrons. The van der Waals surface area contributed by atoms with Crippen molar-refractivity contribution in [3.63, 3.8) is 0 Å². The number of nitrogens with zero attached hydrogens (tertiary/aromatic N) is 1. The quantitative estimate of drug-likeness (QED) is 0.802. The summed E-state index contributed by atoms with van der Waals surface area (Å²) in [6, 6.07) is 1.99. The van der Waals surface area contributed by atoms with Crippen LogP contribution in [0.25, 0.3) is 0 Å². The third kappa shape index (κ3) is 3.21. The molecule has 0 spiro atoms. The maximum absolute atomic E-state index is 6.00. The van der Waals surface area contributed by atoms with Crippen LogP contribution in [0.15, 0.2) is 16.7 Å². The number of aryl methyl sites for hydroxylation is 1. The van der Waals surface area contributed by atoms with Gasteiger partial charge in [-0.15, -0.1) is 0 Å². The molecule has 0 amide bonds. The second-order valence-corrected chi connectivity index (χ2v) is 6.52. The Morgan fingerprint density at radius 1 is 1.35 bits per heavy atom. The first-order valence-corrected chi connectivity index (χ1v) is 7.05. The maximum Gasteiger partial charge on any atom is 0.228 e. The lowest BCUT2D eigenvalue weighted by atomic mass is 9.76. The van der Waals surface area contributed by atoms with Gasteiger partial charge < -0.3 is 4.74 Å². The van der Waals surface area contributed by atoms with Gasteiger partial charge in [0.05, 0.1) is 4.47 Å². The summed E-state index contributed by atoms with van der Waals surface area (Å²) in [4.78, 5) is 4.30. The predicted molar refractivity (Wildman–Crippen MR) is 73.3 cm³/mol. The van der Waals surface area contributed by atoms with Gasteiger partial charge in [-0.05, 0) is 65.6 Å². The molecule has 1 aromatic rings. The van der Waals surface area contributed by atoms with E-state index in [1.54, 1.807) is 0 Å². The minimum atomic E-state index is 0.327. The van der Waals surface area contributed by atoms with E-state index in [0.717, 1.165) is 23.2 Å². The highest BCUT2D eigenvalue weighted by Crippen LogP contribution is 2.37. The van der Waals surface area contributed by atoms with Crippen molar-refractivity contribution in [2.75, 3.05) is 0 Å². The first-order chi connectivity index (χ1) is 7.98. The van der Waals surface area contributed by atoms with Crippen molar-refractivity contribution in [3.8, 4) is 5.88 Å². The molecule has 1 saturated carbocycles. The molecule has 0 unspecified atom stereocenters. The van der Waals surface area contributed by atoms with E-state index in [2.05, 4.69) is 41.7 Å². The second-order valence-electron chi connectivity index (χ2n) is 5.73. The maximum atomic E-state index is 6.00. The summed E-state index contributed by atoms with van der Waals surface area (Å²) in [5, 5.41) is 0. The molecule has 3 heteroatoms. The lowest BCUT2D eigenvalue weighted by Crippen LogP contribution is -2.28. The molecule has 17 heavy (non-hydrogen) atoms. The molecular formula is C14H20BrNO. The molecule has 1 heterocycles. The molecule has 2 rings (SSSR count). The van der Waals surface area contributed by atoms with Gasteiger partial charge in [-0.2, -0.15) is 0 Å². The molecule has 1 fully saturated rings. The topological polar surface area (TPSA) is 22.1 Å². The summed E-state index contributed by atoms with van der Waals surface area (Å²) in [6.45, 7) is 6.73. The van der Waals surface area contributed by atoms with E-state index in [4.69, 9.17) is 4.74 Å². The van der Waals surface area contributed by atoms with Crippen LogP contribution in [0.5, 0.6) is 5.88 Å². The Morgan fingerprint density at radius 2 is 2.00 bits per heavy atom. The van der Waals surface area contributed by atoms with E-state index in [1.807, 2.05) is 12.3 Å². The number of hydrogen-bond donors (Lipinski definition) is 0. The van der Waals surface area contributed by atoms with Gasteiger partial charge in [0.15, 0.2) is 0 Å². The largest absolute Gasteiger partial charge is 0.474 e. The number of ether oxygens (including phenoxy) is 1. The van der Waals surface area contributed by atoms with Crippen molar-refractivity contribution in [1.29, 1.82) is 0 Å². The van der Waals surface area contributed by atoms with Crippen molar-refractivity contribution in [2.24, 2.45) is 5.41 Å². The van der Waals surface area contributed by atoms with Crippen LogP contribution in [0.1, 0.15) is 45.1 Å². The number of aromatic nitrogens is 1. The monoisotopic (exact) mass is 297 g/mol. The molecule has 0 radical (unpaired) electrons. The zero-order valence-electron chi connectivity index (χ0n) is 10.8. The van der Waals surface area contributed by atoms with E-state index in [9.17, 15) is 0 Å². The fraction of sp³-hybridized carbons (Fsp3) is 0.643. The van der Waals surface area contributed by atoms with Crippen molar-refractivity contribution in [1.82, 2.24) is 4.98 Å². The number of pyridine rings is 1. The number of halogens is 1. The van der Waals surface area contributed by atoms with Crippen LogP contribution in [0.2, 0.25) is 0 Å². The molecule has 0 saturated heterocycles. The molecule has 0 atom stereocenters. The van der Waals surface area contributed by atoms with E-state index >= 15 is 0 Å². The average Bonchev–Trinajstić information content (AvgIpc) is 2.27. The number of rotatable bonds is 2. The number of hydrogen-bond acceptors (Lipinski definition) is 2. The molecule has 0 bridgehead atoms. The van der Waals surface area contributed by atoms with Crippen LogP contribution in [0, 0.1) is 12.3 Å². The van der Waals surface area contributed by atoms with Crippen LogP contribution in [0.3, 0.4) is 0 Å². The summed E-state index contributed by atoms with van der Waals surface area (Å²) in [7, 11) is 0. The van der Waals surface area contributed by atoms with Gasteiger partial charge in [0.2, 0.25) is 5.88 Å². The van der Waals surface area contributed by atoms with Crippen molar-refractivity contribution < 1.29 is 4.74 Å². The van der Waals surface area contributed by atoms with E-state index in [-0.39, 0.29) is 0 Å². The molecule has 2 nitrogen and oxygen atoms in total. The van der Waals surface area contributed by atoms with Crippen molar-refractivity contribution >= 4 is 15.9 Å². The zero-order valence-corrected chi connectivity index (χ0v) is 12.4. The van der Waals surface area contributed by atoms with Crippen LogP contribution >= 0.6 is 15.9 Å². The highest BCUT2D eigenvalue weighted by molar-refractivity contribution is 9.10. The Bertz CT molecular complexity index is 393. The lowest BCUT2D eigenvalue weighted by Gasteiger charge is -2.34.